The number of carbonyl (C=O) groups excluding carboxylic acids is 1. The zero-order valence-electron chi connectivity index (χ0n) is 20.8. The number of cyclic esters (lactones) is 1. The number of likely N-dealkylation sites (tertiary alicyclic amines) is 1. The Labute approximate surface area is 217 Å². The standard InChI is InChI=1S/C31H31N3O3/c35-30-33-31(22-37-30)16-18-34(19-17-31)20-28(23-6-2-1-3-7-23)24-11-14-27(15-12-24)36-21-26-13-10-25-8-4-5-9-29(25)32-26/h1-15,28H,16-22H2,(H,33,35). The number of rotatable bonds is 7. The number of aromatic nitrogens is 1. The molecule has 4 aromatic rings. The molecule has 1 spiro atoms. The maximum absolute atomic E-state index is 11.6. The van der Waals surface area contributed by atoms with E-state index in [9.17, 15) is 4.79 Å². The first-order chi connectivity index (χ1) is 18.2. The first-order valence-electron chi connectivity index (χ1n) is 13.0. The molecule has 2 saturated heterocycles. The normalized spacial score (nSPS) is 17.9. The van der Waals surface area contributed by atoms with E-state index in [1.165, 1.54) is 11.1 Å². The minimum Gasteiger partial charge on any atom is -0.487 e. The van der Waals surface area contributed by atoms with E-state index in [0.717, 1.165) is 54.8 Å². The molecule has 2 aliphatic heterocycles. The highest BCUT2D eigenvalue weighted by atomic mass is 16.6. The zero-order valence-corrected chi connectivity index (χ0v) is 20.8. The minimum atomic E-state index is -0.283. The summed E-state index contributed by atoms with van der Waals surface area (Å²) in [6.07, 6.45) is 1.54. The number of pyridine rings is 1. The molecule has 1 unspecified atom stereocenters. The molecule has 2 fully saturated rings. The van der Waals surface area contributed by atoms with E-state index in [2.05, 4.69) is 76.9 Å². The third-order valence-corrected chi connectivity index (χ3v) is 7.63. The Balaban J connectivity index is 1.13. The van der Waals surface area contributed by atoms with Gasteiger partial charge in [-0.05, 0) is 48.2 Å². The summed E-state index contributed by atoms with van der Waals surface area (Å²) >= 11 is 0. The number of fused-ring (bicyclic) bond motifs is 1. The van der Waals surface area contributed by atoms with Crippen LogP contribution >= 0.6 is 0 Å². The molecule has 0 radical (unpaired) electrons. The summed E-state index contributed by atoms with van der Waals surface area (Å²) in [6.45, 7) is 3.72. The first-order valence-corrected chi connectivity index (χ1v) is 13.0. The summed E-state index contributed by atoms with van der Waals surface area (Å²) < 4.78 is 11.3. The number of nitrogens with zero attached hydrogens (tertiary/aromatic N) is 2. The quantitative estimate of drug-likeness (QED) is 0.367. The molecule has 188 valence electrons. The smallest absolute Gasteiger partial charge is 0.407 e. The van der Waals surface area contributed by atoms with E-state index >= 15 is 0 Å². The van der Waals surface area contributed by atoms with Crippen LogP contribution in [0, 0.1) is 0 Å². The molecule has 0 bridgehead atoms. The number of nitrogens with one attached hydrogen (secondary N) is 1. The monoisotopic (exact) mass is 493 g/mol. The van der Waals surface area contributed by atoms with E-state index in [1.54, 1.807) is 0 Å². The number of hydrogen-bond acceptors (Lipinski definition) is 5. The van der Waals surface area contributed by atoms with Crippen molar-refractivity contribution >= 4 is 17.0 Å². The highest BCUT2D eigenvalue weighted by molar-refractivity contribution is 5.78. The SMILES string of the molecule is O=C1NC2(CCN(CC(c3ccccc3)c3ccc(OCc4ccc5ccccc5n4)cc3)CC2)CO1. The number of hydrogen-bond donors (Lipinski definition) is 1. The van der Waals surface area contributed by atoms with Gasteiger partial charge in [0.25, 0.3) is 0 Å². The van der Waals surface area contributed by atoms with Crippen molar-refractivity contribution < 1.29 is 14.3 Å². The number of alkyl carbamates (subject to hydrolysis) is 1. The lowest BCUT2D eigenvalue weighted by atomic mass is 9.86. The Kier molecular flexibility index (Phi) is 6.49. The van der Waals surface area contributed by atoms with Crippen molar-refractivity contribution in [3.63, 3.8) is 0 Å². The molecule has 6 nitrogen and oxygen atoms in total. The van der Waals surface area contributed by atoms with Crippen LogP contribution in [0.1, 0.15) is 35.6 Å². The van der Waals surface area contributed by atoms with Gasteiger partial charge in [-0.3, -0.25) is 0 Å². The largest absolute Gasteiger partial charge is 0.487 e. The van der Waals surface area contributed by atoms with Gasteiger partial charge in [-0.2, -0.15) is 0 Å². The van der Waals surface area contributed by atoms with E-state index in [4.69, 9.17) is 14.5 Å². The highest BCUT2D eigenvalue weighted by Crippen LogP contribution is 2.31. The van der Waals surface area contributed by atoms with Gasteiger partial charge in [-0.1, -0.05) is 66.7 Å². The Bertz CT molecular complexity index is 1370. The average molecular weight is 494 g/mol. The lowest BCUT2D eigenvalue weighted by molar-refractivity contribution is 0.126. The van der Waals surface area contributed by atoms with Gasteiger partial charge in [0, 0.05) is 30.9 Å². The molecule has 0 aliphatic carbocycles. The minimum absolute atomic E-state index is 0.186. The molecule has 37 heavy (non-hydrogen) atoms. The number of piperidine rings is 1. The van der Waals surface area contributed by atoms with Crippen molar-refractivity contribution in [3.05, 3.63) is 108 Å². The maximum Gasteiger partial charge on any atom is 0.407 e. The number of benzene rings is 3. The van der Waals surface area contributed by atoms with Crippen LogP contribution < -0.4 is 10.1 Å². The summed E-state index contributed by atoms with van der Waals surface area (Å²) in [5.74, 6) is 1.09. The Morgan fingerprint density at radius 2 is 1.62 bits per heavy atom. The van der Waals surface area contributed by atoms with Crippen LogP contribution in [0.5, 0.6) is 5.75 Å². The fourth-order valence-corrected chi connectivity index (χ4v) is 5.41. The van der Waals surface area contributed by atoms with E-state index in [1.807, 2.05) is 24.3 Å². The molecular weight excluding hydrogens is 462 g/mol. The van der Waals surface area contributed by atoms with Crippen LogP contribution in [0.4, 0.5) is 4.79 Å². The van der Waals surface area contributed by atoms with E-state index in [-0.39, 0.29) is 17.6 Å². The Morgan fingerprint density at radius 3 is 2.38 bits per heavy atom. The van der Waals surface area contributed by atoms with Crippen molar-refractivity contribution in [2.24, 2.45) is 0 Å². The average Bonchev–Trinajstić information content (AvgIpc) is 3.32. The molecule has 2 aliphatic rings. The van der Waals surface area contributed by atoms with Gasteiger partial charge in [0.05, 0.1) is 16.7 Å². The van der Waals surface area contributed by atoms with Crippen LogP contribution in [-0.4, -0.2) is 47.8 Å². The van der Waals surface area contributed by atoms with Gasteiger partial charge in [0.1, 0.15) is 19.0 Å². The molecular formula is C31H31N3O3. The third kappa shape index (κ3) is 5.30. The van der Waals surface area contributed by atoms with Crippen LogP contribution in [-0.2, 0) is 11.3 Å². The van der Waals surface area contributed by atoms with Gasteiger partial charge >= 0.3 is 6.09 Å². The van der Waals surface area contributed by atoms with Crippen molar-refractivity contribution in [2.75, 3.05) is 26.2 Å². The summed E-state index contributed by atoms with van der Waals surface area (Å²) in [6, 6.07) is 31.4. The van der Waals surface area contributed by atoms with Crippen LogP contribution in [0.2, 0.25) is 0 Å². The van der Waals surface area contributed by atoms with E-state index < -0.39 is 0 Å². The lowest BCUT2D eigenvalue weighted by Crippen LogP contribution is -2.52. The first kappa shape index (κ1) is 23.5. The third-order valence-electron chi connectivity index (χ3n) is 7.63. The number of amides is 1. The second kappa shape index (κ2) is 10.2. The molecule has 1 atom stereocenters. The fourth-order valence-electron chi connectivity index (χ4n) is 5.41. The predicted octanol–water partition coefficient (Wildman–Crippen LogP) is 5.52. The summed E-state index contributed by atoms with van der Waals surface area (Å²) in [5.41, 5.74) is 4.27. The van der Waals surface area contributed by atoms with Gasteiger partial charge in [-0.15, -0.1) is 0 Å². The summed E-state index contributed by atoms with van der Waals surface area (Å²) in [5, 5.41) is 4.17. The van der Waals surface area contributed by atoms with Crippen LogP contribution in [0.3, 0.4) is 0 Å². The predicted molar refractivity (Wildman–Crippen MR) is 144 cm³/mol. The van der Waals surface area contributed by atoms with Gasteiger partial charge in [-0.25, -0.2) is 9.78 Å². The van der Waals surface area contributed by atoms with Gasteiger partial charge in [0.15, 0.2) is 0 Å². The van der Waals surface area contributed by atoms with Crippen molar-refractivity contribution in [1.82, 2.24) is 15.2 Å². The zero-order chi connectivity index (χ0) is 25.1. The summed E-state index contributed by atoms with van der Waals surface area (Å²) in [7, 11) is 0. The second-order valence-corrected chi connectivity index (χ2v) is 10.1. The Hall–Kier alpha value is -3.90. The van der Waals surface area contributed by atoms with E-state index in [0.29, 0.717) is 13.2 Å². The number of carbonyl (C=O) groups is 1. The van der Waals surface area contributed by atoms with Crippen molar-refractivity contribution in [3.8, 4) is 5.75 Å². The van der Waals surface area contributed by atoms with Crippen LogP contribution in [0.15, 0.2) is 91.0 Å². The molecule has 6 rings (SSSR count). The van der Waals surface area contributed by atoms with Crippen molar-refractivity contribution in [2.45, 2.75) is 30.9 Å². The number of ether oxygens (including phenoxy) is 2. The second-order valence-electron chi connectivity index (χ2n) is 10.1. The maximum atomic E-state index is 11.6. The Morgan fingerprint density at radius 1 is 0.892 bits per heavy atom. The molecule has 1 aromatic heterocycles. The highest BCUT2D eigenvalue weighted by Gasteiger charge is 2.42. The summed E-state index contributed by atoms with van der Waals surface area (Å²) in [4.78, 5) is 18.8. The van der Waals surface area contributed by atoms with Crippen molar-refractivity contribution in [1.29, 1.82) is 0 Å². The fraction of sp³-hybridized carbons (Fsp3) is 0.290. The van der Waals surface area contributed by atoms with Crippen LogP contribution in [0.25, 0.3) is 10.9 Å². The topological polar surface area (TPSA) is 63.7 Å². The molecule has 0 saturated carbocycles. The molecule has 3 aromatic carbocycles. The lowest BCUT2D eigenvalue weighted by Gasteiger charge is -2.39. The molecule has 3 heterocycles. The number of para-hydroxylation sites is 1. The molecule has 1 amide bonds. The van der Waals surface area contributed by atoms with Gasteiger partial charge in [0.2, 0.25) is 0 Å². The molecule has 1 N–H and O–H groups in total. The van der Waals surface area contributed by atoms with Gasteiger partial charge < -0.3 is 19.7 Å². The molecule has 6 heteroatoms.